The van der Waals surface area contributed by atoms with Crippen LogP contribution < -0.4 is 5.32 Å². The molecule has 9 heteroatoms. The van der Waals surface area contributed by atoms with E-state index in [4.69, 9.17) is 0 Å². The van der Waals surface area contributed by atoms with Gasteiger partial charge in [-0.1, -0.05) is 19.1 Å². The van der Waals surface area contributed by atoms with Gasteiger partial charge in [0.1, 0.15) is 5.52 Å². The third kappa shape index (κ3) is 4.15. The van der Waals surface area contributed by atoms with Crippen LogP contribution in [0, 0.1) is 0 Å². The highest BCUT2D eigenvalue weighted by Crippen LogP contribution is 2.24. The van der Waals surface area contributed by atoms with Gasteiger partial charge in [0.2, 0.25) is 0 Å². The zero-order chi connectivity index (χ0) is 21.2. The maximum atomic E-state index is 12.5. The molecule has 3 aromatic rings. The van der Waals surface area contributed by atoms with Crippen LogP contribution in [0.2, 0.25) is 0 Å². The number of H-pyrrole nitrogens is 1. The smallest absolute Gasteiger partial charge is 0.255 e. The number of benzene rings is 1. The lowest BCUT2D eigenvalue weighted by molar-refractivity contribution is 0.0916. The van der Waals surface area contributed by atoms with Crippen molar-refractivity contribution in [1.82, 2.24) is 20.3 Å². The second-order valence-electron chi connectivity index (χ2n) is 7.03. The lowest BCUT2D eigenvalue weighted by Crippen LogP contribution is -2.36. The summed E-state index contributed by atoms with van der Waals surface area (Å²) in [7, 11) is -3.35. The van der Waals surface area contributed by atoms with Gasteiger partial charge < -0.3 is 15.4 Å². The first kappa shape index (κ1) is 20.9. The predicted molar refractivity (Wildman–Crippen MR) is 110 cm³/mol. The van der Waals surface area contributed by atoms with Crippen LogP contribution in [0.15, 0.2) is 41.6 Å². The molecule has 0 unspecified atom stereocenters. The van der Waals surface area contributed by atoms with Gasteiger partial charge in [0.25, 0.3) is 5.91 Å². The highest BCUT2D eigenvalue weighted by Gasteiger charge is 2.20. The first-order valence-corrected chi connectivity index (χ1v) is 10.9. The van der Waals surface area contributed by atoms with Crippen LogP contribution in [0.3, 0.4) is 0 Å². The Morgan fingerprint density at radius 1 is 1.24 bits per heavy atom. The molecular weight excluding hydrogens is 392 g/mol. The zero-order valence-corrected chi connectivity index (χ0v) is 17.3. The largest absolute Gasteiger partial charge is 0.394 e. The van der Waals surface area contributed by atoms with E-state index in [2.05, 4.69) is 20.3 Å². The fraction of sp³-hybridized carbons (Fsp3) is 0.350. The summed E-state index contributed by atoms with van der Waals surface area (Å²) in [5.74, 6) is -0.345. The number of rotatable bonds is 7. The van der Waals surface area contributed by atoms with Crippen molar-refractivity contribution >= 4 is 26.9 Å². The average Bonchev–Trinajstić information content (AvgIpc) is 3.15. The van der Waals surface area contributed by atoms with E-state index in [1.807, 2.05) is 6.92 Å². The van der Waals surface area contributed by atoms with E-state index in [1.54, 1.807) is 44.3 Å². The molecular formula is C20H24N4O4S. The quantitative estimate of drug-likeness (QED) is 0.543. The minimum atomic E-state index is -3.35. The van der Waals surface area contributed by atoms with Gasteiger partial charge in [-0.05, 0) is 32.4 Å². The molecule has 1 amide bonds. The Morgan fingerprint density at radius 3 is 2.52 bits per heavy atom. The van der Waals surface area contributed by atoms with E-state index in [-0.39, 0.29) is 23.5 Å². The van der Waals surface area contributed by atoms with Crippen molar-refractivity contribution in [3.05, 3.63) is 42.2 Å². The van der Waals surface area contributed by atoms with Gasteiger partial charge in [0, 0.05) is 11.8 Å². The Labute approximate surface area is 169 Å². The molecule has 154 valence electrons. The van der Waals surface area contributed by atoms with E-state index in [0.29, 0.717) is 34.4 Å². The summed E-state index contributed by atoms with van der Waals surface area (Å²) in [6, 6.07) is 6.12. The lowest BCUT2D eigenvalue weighted by Gasteiger charge is -2.13. The molecule has 0 spiro atoms. The van der Waals surface area contributed by atoms with Crippen LogP contribution >= 0.6 is 0 Å². The predicted octanol–water partition coefficient (Wildman–Crippen LogP) is 2.31. The molecule has 0 saturated carbocycles. The van der Waals surface area contributed by atoms with E-state index in [0.717, 1.165) is 0 Å². The van der Waals surface area contributed by atoms with Crippen molar-refractivity contribution in [2.24, 2.45) is 0 Å². The number of carbonyl (C=O) groups excluding carboxylic acids is 1. The molecule has 1 atom stereocenters. The zero-order valence-electron chi connectivity index (χ0n) is 16.5. The number of nitrogens with one attached hydrogen (secondary N) is 2. The average molecular weight is 417 g/mol. The molecule has 0 fully saturated rings. The fourth-order valence-corrected chi connectivity index (χ4v) is 3.89. The van der Waals surface area contributed by atoms with E-state index in [1.165, 1.54) is 6.20 Å². The van der Waals surface area contributed by atoms with Gasteiger partial charge >= 0.3 is 0 Å². The first-order chi connectivity index (χ1) is 13.8. The van der Waals surface area contributed by atoms with Crippen molar-refractivity contribution < 1.29 is 18.3 Å². The fourth-order valence-electron chi connectivity index (χ4n) is 2.83. The number of hydrogen-bond donors (Lipinski definition) is 3. The highest BCUT2D eigenvalue weighted by atomic mass is 32.2. The van der Waals surface area contributed by atoms with Crippen LogP contribution in [0.4, 0.5) is 0 Å². The third-order valence-electron chi connectivity index (χ3n) is 4.77. The first-order valence-electron chi connectivity index (χ1n) is 9.38. The van der Waals surface area contributed by atoms with Crippen LogP contribution in [0.25, 0.3) is 22.4 Å². The van der Waals surface area contributed by atoms with Crippen molar-refractivity contribution in [3.63, 3.8) is 0 Å². The van der Waals surface area contributed by atoms with Crippen LogP contribution in [0.5, 0.6) is 0 Å². The number of aliphatic hydroxyl groups excluding tert-OH is 1. The molecule has 1 aromatic carbocycles. The summed E-state index contributed by atoms with van der Waals surface area (Å²) < 4.78 is 24.6. The van der Waals surface area contributed by atoms with E-state index < -0.39 is 15.1 Å². The van der Waals surface area contributed by atoms with Gasteiger partial charge in [-0.2, -0.15) is 0 Å². The number of aromatic amines is 1. The topological polar surface area (TPSA) is 125 Å². The van der Waals surface area contributed by atoms with E-state index >= 15 is 0 Å². The molecule has 3 N–H and O–H groups in total. The van der Waals surface area contributed by atoms with Crippen LogP contribution in [0.1, 0.15) is 37.6 Å². The molecule has 0 radical (unpaired) electrons. The molecule has 0 saturated heterocycles. The molecule has 0 bridgehead atoms. The summed E-state index contributed by atoms with van der Waals surface area (Å²) in [5.41, 5.74) is 2.42. The van der Waals surface area contributed by atoms with Gasteiger partial charge in [-0.3, -0.25) is 4.79 Å². The molecule has 29 heavy (non-hydrogen) atoms. The number of aliphatic hydroxyl groups is 1. The van der Waals surface area contributed by atoms with Gasteiger partial charge in [-0.15, -0.1) is 0 Å². The molecule has 2 heterocycles. The van der Waals surface area contributed by atoms with Crippen molar-refractivity contribution in [2.75, 3.05) is 6.61 Å². The van der Waals surface area contributed by atoms with Gasteiger partial charge in [0.15, 0.2) is 15.5 Å². The maximum absolute atomic E-state index is 12.5. The summed E-state index contributed by atoms with van der Waals surface area (Å²) in [6.45, 7) is 5.01. The van der Waals surface area contributed by atoms with Gasteiger partial charge in [0.05, 0.1) is 40.2 Å². The van der Waals surface area contributed by atoms with Crippen molar-refractivity contribution in [3.8, 4) is 11.3 Å². The third-order valence-corrected chi connectivity index (χ3v) is 6.94. The Kier molecular flexibility index (Phi) is 5.99. The number of fused-ring (bicyclic) bond motifs is 1. The number of nitrogens with zero attached hydrogens (tertiary/aromatic N) is 2. The van der Waals surface area contributed by atoms with Crippen LogP contribution in [-0.4, -0.2) is 52.3 Å². The lowest BCUT2D eigenvalue weighted by atomic mass is 10.1. The van der Waals surface area contributed by atoms with Crippen LogP contribution in [-0.2, 0) is 9.84 Å². The SMILES string of the molecule is CC[C@@H](CO)NC(=O)c1c[nH]c2ncc(-c3ccc(S(=O)(=O)C(C)C)cc3)nc12. The molecule has 2 aromatic heterocycles. The minimum absolute atomic E-state index is 0.146. The number of aromatic nitrogens is 3. The second-order valence-corrected chi connectivity index (χ2v) is 9.54. The number of hydrogen-bond acceptors (Lipinski definition) is 6. The molecule has 0 aliphatic carbocycles. The van der Waals surface area contributed by atoms with E-state index in [9.17, 15) is 18.3 Å². The normalized spacial score (nSPS) is 13.0. The minimum Gasteiger partial charge on any atom is -0.394 e. The Hall–Kier alpha value is -2.78. The number of sulfone groups is 1. The van der Waals surface area contributed by atoms with Crippen molar-refractivity contribution in [1.29, 1.82) is 0 Å². The molecule has 3 rings (SSSR count). The maximum Gasteiger partial charge on any atom is 0.255 e. The summed E-state index contributed by atoms with van der Waals surface area (Å²) in [4.78, 5) is 24.6. The number of amides is 1. The van der Waals surface area contributed by atoms with Crippen molar-refractivity contribution in [2.45, 2.75) is 43.4 Å². The molecule has 8 nitrogen and oxygen atoms in total. The summed E-state index contributed by atoms with van der Waals surface area (Å²) in [5, 5.41) is 11.6. The summed E-state index contributed by atoms with van der Waals surface area (Å²) in [6.07, 6.45) is 3.70. The van der Waals surface area contributed by atoms with Gasteiger partial charge in [-0.25, -0.2) is 18.4 Å². The monoisotopic (exact) mass is 416 g/mol. The summed E-state index contributed by atoms with van der Waals surface area (Å²) >= 11 is 0. The Bertz CT molecular complexity index is 1120. The standard InChI is InChI=1S/C20H24N4O4S/c1-4-14(11-25)23-20(26)16-9-21-19-18(16)24-17(10-22-19)13-5-7-15(8-6-13)29(27,28)12(2)3/h5-10,12,14,25H,4,11H2,1-3H3,(H,21,22)(H,23,26)/t14-/m0/s1. The molecule has 0 aliphatic rings. The second kappa shape index (κ2) is 8.30. The number of carbonyl (C=O) groups is 1. The Morgan fingerprint density at radius 2 is 1.93 bits per heavy atom. The Balaban J connectivity index is 1.95. The molecule has 0 aliphatic heterocycles. The highest BCUT2D eigenvalue weighted by molar-refractivity contribution is 7.92.